The molecule has 1 aliphatic heterocycles. The van der Waals surface area contributed by atoms with E-state index in [0.29, 0.717) is 6.04 Å². The van der Waals surface area contributed by atoms with Crippen LogP contribution >= 0.6 is 0 Å². The molecule has 20 heavy (non-hydrogen) atoms. The molecule has 1 aromatic rings. The molecule has 1 fully saturated rings. The zero-order chi connectivity index (χ0) is 14.4. The molecule has 1 aromatic heterocycles. The normalized spacial score (nSPS) is 16.1. The molecule has 0 atom stereocenters. The quantitative estimate of drug-likeness (QED) is 0.860. The fraction of sp³-hybridized carbons (Fsp3) is 0.733. The molecule has 1 aliphatic rings. The van der Waals surface area contributed by atoms with E-state index >= 15 is 0 Å². The number of rotatable bonds is 6. The molecule has 1 N–H and O–H groups in total. The van der Waals surface area contributed by atoms with E-state index in [2.05, 4.69) is 22.1 Å². The smallest absolute Gasteiger partial charge is 0.227 e. The highest BCUT2D eigenvalue weighted by Gasteiger charge is 2.23. The number of unbranched alkanes of at least 4 members (excludes halogenated alkanes) is 1. The predicted octanol–water partition coefficient (Wildman–Crippen LogP) is 1.90. The van der Waals surface area contributed by atoms with Crippen LogP contribution in [0.1, 0.15) is 32.6 Å². The lowest BCUT2D eigenvalue weighted by atomic mass is 10.0. The molecule has 1 saturated heterocycles. The summed E-state index contributed by atoms with van der Waals surface area (Å²) in [6, 6.07) is 2.53. The van der Waals surface area contributed by atoms with Crippen molar-refractivity contribution < 1.29 is 0 Å². The minimum atomic E-state index is 0.570. The third-order valence-electron chi connectivity index (χ3n) is 3.85. The van der Waals surface area contributed by atoms with Gasteiger partial charge in [0, 0.05) is 32.9 Å². The topological polar surface area (TPSA) is 44.3 Å². The maximum atomic E-state index is 4.72. The van der Waals surface area contributed by atoms with Crippen molar-refractivity contribution in [2.24, 2.45) is 0 Å². The maximum Gasteiger partial charge on any atom is 0.227 e. The van der Waals surface area contributed by atoms with Crippen LogP contribution in [-0.4, -0.2) is 49.7 Å². The summed E-state index contributed by atoms with van der Waals surface area (Å²) in [4.78, 5) is 13.7. The van der Waals surface area contributed by atoms with Gasteiger partial charge in [0.2, 0.25) is 5.95 Å². The fourth-order valence-electron chi connectivity index (χ4n) is 2.62. The van der Waals surface area contributed by atoms with Crippen molar-refractivity contribution >= 4 is 11.8 Å². The second kappa shape index (κ2) is 7.43. The highest BCUT2D eigenvalue weighted by molar-refractivity contribution is 5.43. The number of aromatic nitrogens is 2. The van der Waals surface area contributed by atoms with E-state index in [0.717, 1.165) is 31.4 Å². The van der Waals surface area contributed by atoms with Gasteiger partial charge in [-0.2, -0.15) is 4.98 Å². The van der Waals surface area contributed by atoms with E-state index in [-0.39, 0.29) is 0 Å². The summed E-state index contributed by atoms with van der Waals surface area (Å²) in [5.74, 6) is 1.86. The molecule has 0 aromatic carbocycles. The number of hydrogen-bond donors (Lipinski definition) is 1. The molecule has 0 aliphatic carbocycles. The van der Waals surface area contributed by atoms with E-state index in [1.165, 1.54) is 25.7 Å². The van der Waals surface area contributed by atoms with Crippen LogP contribution in [0, 0.1) is 0 Å². The second-order valence-electron chi connectivity index (χ2n) is 5.64. The summed E-state index contributed by atoms with van der Waals surface area (Å²) >= 11 is 0. The molecular weight excluding hydrogens is 250 g/mol. The lowest BCUT2D eigenvalue weighted by Gasteiger charge is -2.35. The van der Waals surface area contributed by atoms with Gasteiger partial charge in [0.15, 0.2) is 0 Å². The highest BCUT2D eigenvalue weighted by atomic mass is 15.3. The van der Waals surface area contributed by atoms with Gasteiger partial charge in [-0.3, -0.25) is 0 Å². The Balaban J connectivity index is 2.18. The molecule has 2 rings (SSSR count). The van der Waals surface area contributed by atoms with Crippen LogP contribution in [0.25, 0.3) is 0 Å². The van der Waals surface area contributed by atoms with E-state index < -0.39 is 0 Å². The van der Waals surface area contributed by atoms with E-state index in [9.17, 15) is 0 Å². The van der Waals surface area contributed by atoms with Crippen LogP contribution < -0.4 is 15.1 Å². The van der Waals surface area contributed by atoms with Gasteiger partial charge in [0.25, 0.3) is 0 Å². The standard InChI is InChI=1S/C15H27N5/c1-4-5-12-20(13-6-9-16-10-7-13)15-17-11-8-14(18-15)19(2)3/h8,11,13,16H,4-7,9-10,12H2,1-3H3. The van der Waals surface area contributed by atoms with Gasteiger partial charge in [-0.15, -0.1) is 0 Å². The van der Waals surface area contributed by atoms with Gasteiger partial charge in [-0.05, 0) is 38.4 Å². The third-order valence-corrected chi connectivity index (χ3v) is 3.85. The van der Waals surface area contributed by atoms with Crippen LogP contribution in [0.5, 0.6) is 0 Å². The van der Waals surface area contributed by atoms with E-state index in [1.54, 1.807) is 0 Å². The first-order valence-corrected chi connectivity index (χ1v) is 7.70. The summed E-state index contributed by atoms with van der Waals surface area (Å²) in [7, 11) is 4.04. The summed E-state index contributed by atoms with van der Waals surface area (Å²) in [6.07, 6.45) is 6.63. The molecule has 0 amide bonds. The van der Waals surface area contributed by atoms with Gasteiger partial charge in [-0.1, -0.05) is 13.3 Å². The Morgan fingerprint density at radius 2 is 2.05 bits per heavy atom. The molecule has 2 heterocycles. The average Bonchev–Trinajstić information content (AvgIpc) is 2.49. The molecule has 0 unspecified atom stereocenters. The Labute approximate surface area is 122 Å². The van der Waals surface area contributed by atoms with Crippen LogP contribution in [0.4, 0.5) is 11.8 Å². The van der Waals surface area contributed by atoms with Crippen molar-refractivity contribution in [2.75, 3.05) is 43.5 Å². The van der Waals surface area contributed by atoms with Crippen molar-refractivity contribution in [1.29, 1.82) is 0 Å². The second-order valence-corrected chi connectivity index (χ2v) is 5.64. The lowest BCUT2D eigenvalue weighted by Crippen LogP contribution is -2.44. The van der Waals surface area contributed by atoms with E-state index in [1.807, 2.05) is 31.3 Å². The van der Waals surface area contributed by atoms with Crippen molar-refractivity contribution in [3.63, 3.8) is 0 Å². The van der Waals surface area contributed by atoms with Crippen LogP contribution in [0.3, 0.4) is 0 Å². The molecule has 0 saturated carbocycles. The lowest BCUT2D eigenvalue weighted by molar-refractivity contribution is 0.422. The third kappa shape index (κ3) is 3.82. The predicted molar refractivity (Wildman–Crippen MR) is 84.5 cm³/mol. The monoisotopic (exact) mass is 277 g/mol. The summed E-state index contributed by atoms with van der Waals surface area (Å²) in [5, 5.41) is 3.43. The molecule has 0 spiro atoms. The molecule has 5 nitrogen and oxygen atoms in total. The number of nitrogens with one attached hydrogen (secondary N) is 1. The average molecular weight is 277 g/mol. The summed E-state index contributed by atoms with van der Waals surface area (Å²) in [5.41, 5.74) is 0. The Bertz CT molecular complexity index is 401. The van der Waals surface area contributed by atoms with Gasteiger partial charge < -0.3 is 15.1 Å². The number of nitrogens with zero attached hydrogens (tertiary/aromatic N) is 4. The Kier molecular flexibility index (Phi) is 5.59. The first-order valence-electron chi connectivity index (χ1n) is 7.70. The minimum absolute atomic E-state index is 0.570. The van der Waals surface area contributed by atoms with Crippen LogP contribution in [-0.2, 0) is 0 Å². The van der Waals surface area contributed by atoms with Crippen molar-refractivity contribution in [1.82, 2.24) is 15.3 Å². The van der Waals surface area contributed by atoms with Crippen molar-refractivity contribution in [3.05, 3.63) is 12.3 Å². The summed E-state index contributed by atoms with van der Waals surface area (Å²) < 4.78 is 0. The van der Waals surface area contributed by atoms with Gasteiger partial charge >= 0.3 is 0 Å². The number of anilines is 2. The first kappa shape index (κ1) is 15.0. The van der Waals surface area contributed by atoms with Crippen LogP contribution in [0.15, 0.2) is 12.3 Å². The van der Waals surface area contributed by atoms with Crippen molar-refractivity contribution in [3.8, 4) is 0 Å². The minimum Gasteiger partial charge on any atom is -0.363 e. The van der Waals surface area contributed by atoms with Crippen molar-refractivity contribution in [2.45, 2.75) is 38.6 Å². The molecular formula is C15H27N5. The molecule has 0 radical (unpaired) electrons. The van der Waals surface area contributed by atoms with Gasteiger partial charge in [0.05, 0.1) is 0 Å². The zero-order valence-corrected chi connectivity index (χ0v) is 13.0. The summed E-state index contributed by atoms with van der Waals surface area (Å²) in [6.45, 7) is 5.48. The van der Waals surface area contributed by atoms with Gasteiger partial charge in [-0.25, -0.2) is 4.98 Å². The highest BCUT2D eigenvalue weighted by Crippen LogP contribution is 2.20. The maximum absolute atomic E-state index is 4.72. The van der Waals surface area contributed by atoms with E-state index in [4.69, 9.17) is 4.98 Å². The first-order chi connectivity index (χ1) is 9.72. The molecule has 0 bridgehead atoms. The van der Waals surface area contributed by atoms with Crippen LogP contribution in [0.2, 0.25) is 0 Å². The Morgan fingerprint density at radius 1 is 1.30 bits per heavy atom. The fourth-order valence-corrected chi connectivity index (χ4v) is 2.62. The zero-order valence-electron chi connectivity index (χ0n) is 13.0. The number of hydrogen-bond acceptors (Lipinski definition) is 5. The largest absolute Gasteiger partial charge is 0.363 e. The molecule has 112 valence electrons. The van der Waals surface area contributed by atoms with Gasteiger partial charge in [0.1, 0.15) is 5.82 Å². The Morgan fingerprint density at radius 3 is 2.70 bits per heavy atom. The molecule has 5 heteroatoms. The Hall–Kier alpha value is -1.36. The number of piperidine rings is 1. The SMILES string of the molecule is CCCCN(c1nccc(N(C)C)n1)C1CCNCC1.